The lowest BCUT2D eigenvalue weighted by Crippen LogP contribution is -2.09. The van der Waals surface area contributed by atoms with Gasteiger partial charge in [-0.2, -0.15) is 5.26 Å². The van der Waals surface area contributed by atoms with Crippen molar-refractivity contribution >= 4 is 18.0 Å². The Morgan fingerprint density at radius 2 is 1.93 bits per heavy atom. The number of epoxide rings is 1. The summed E-state index contributed by atoms with van der Waals surface area (Å²) in [5, 5.41) is 8.38. The van der Waals surface area contributed by atoms with Gasteiger partial charge in [-0.05, 0) is 42.5 Å². The molecule has 1 fully saturated rings. The number of nitriles is 1. The second-order valence-electron chi connectivity index (χ2n) is 6.27. The van der Waals surface area contributed by atoms with E-state index in [0.717, 1.165) is 12.1 Å². The van der Waals surface area contributed by atoms with E-state index in [1.165, 1.54) is 18.2 Å². The van der Waals surface area contributed by atoms with E-state index < -0.39 is 17.8 Å². The molecule has 0 radical (unpaired) electrons. The van der Waals surface area contributed by atoms with Gasteiger partial charge in [0.25, 0.3) is 0 Å². The molecule has 0 aromatic heterocycles. The summed E-state index contributed by atoms with van der Waals surface area (Å²) >= 11 is 0. The zero-order chi connectivity index (χ0) is 21.3. The van der Waals surface area contributed by atoms with Crippen molar-refractivity contribution in [1.82, 2.24) is 0 Å². The predicted molar refractivity (Wildman–Crippen MR) is 103 cm³/mol. The van der Waals surface area contributed by atoms with E-state index in [1.807, 2.05) is 6.07 Å². The lowest BCUT2D eigenvalue weighted by molar-refractivity contribution is -0.137. The number of rotatable bonds is 9. The Morgan fingerprint density at radius 3 is 2.60 bits per heavy atom. The average molecular weight is 411 g/mol. The zero-order valence-electron chi connectivity index (χ0n) is 15.9. The van der Waals surface area contributed by atoms with Crippen molar-refractivity contribution < 1.29 is 32.9 Å². The van der Waals surface area contributed by atoms with Gasteiger partial charge in [0.05, 0.1) is 24.7 Å². The Morgan fingerprint density at radius 1 is 1.20 bits per heavy atom. The molecule has 0 N–H and O–H groups in total. The van der Waals surface area contributed by atoms with Crippen molar-refractivity contribution in [3.8, 4) is 17.6 Å². The molecule has 1 aliphatic rings. The molecule has 1 unspecified atom stereocenters. The van der Waals surface area contributed by atoms with Gasteiger partial charge in [-0.25, -0.2) is 14.0 Å². The van der Waals surface area contributed by atoms with Crippen molar-refractivity contribution in [2.45, 2.75) is 12.5 Å². The van der Waals surface area contributed by atoms with Crippen LogP contribution in [-0.4, -0.2) is 37.9 Å². The Hall–Kier alpha value is -3.70. The SMILES string of the molecule is N#CCCOC(=O)/C=C/c1ccc(OC(=O)c2ccc(OCC3CO3)cc2)cc1F. The molecule has 0 aliphatic carbocycles. The van der Waals surface area contributed by atoms with Crippen LogP contribution in [0.15, 0.2) is 48.5 Å². The van der Waals surface area contributed by atoms with Gasteiger partial charge in [0.2, 0.25) is 0 Å². The van der Waals surface area contributed by atoms with Crippen LogP contribution in [0.2, 0.25) is 0 Å². The highest BCUT2D eigenvalue weighted by atomic mass is 19.1. The summed E-state index contributed by atoms with van der Waals surface area (Å²) in [6, 6.07) is 12.1. The van der Waals surface area contributed by atoms with Gasteiger partial charge in [-0.15, -0.1) is 0 Å². The van der Waals surface area contributed by atoms with Gasteiger partial charge in [-0.1, -0.05) is 0 Å². The van der Waals surface area contributed by atoms with Gasteiger partial charge in [-0.3, -0.25) is 0 Å². The highest BCUT2D eigenvalue weighted by Crippen LogP contribution is 2.20. The monoisotopic (exact) mass is 411 g/mol. The first-order chi connectivity index (χ1) is 14.5. The van der Waals surface area contributed by atoms with E-state index in [2.05, 4.69) is 0 Å². The van der Waals surface area contributed by atoms with Crippen molar-refractivity contribution in [2.24, 2.45) is 0 Å². The molecule has 0 bridgehead atoms. The average Bonchev–Trinajstić information content (AvgIpc) is 3.57. The summed E-state index contributed by atoms with van der Waals surface area (Å²) in [7, 11) is 0. The molecule has 1 atom stereocenters. The molecule has 2 aromatic carbocycles. The lowest BCUT2D eigenvalue weighted by atomic mass is 10.2. The number of nitrogens with zero attached hydrogens (tertiary/aromatic N) is 1. The second-order valence-corrected chi connectivity index (χ2v) is 6.27. The van der Waals surface area contributed by atoms with Crippen LogP contribution in [0.25, 0.3) is 6.08 Å². The maximum Gasteiger partial charge on any atom is 0.343 e. The van der Waals surface area contributed by atoms with Gasteiger partial charge in [0.1, 0.15) is 36.6 Å². The number of ether oxygens (including phenoxy) is 4. The third kappa shape index (κ3) is 6.43. The van der Waals surface area contributed by atoms with E-state index in [1.54, 1.807) is 24.3 Å². The molecule has 0 spiro atoms. The fourth-order valence-electron chi connectivity index (χ4n) is 2.32. The molecule has 3 rings (SSSR count). The topological polar surface area (TPSA) is 98.1 Å². The van der Waals surface area contributed by atoms with Crippen molar-refractivity contribution in [3.63, 3.8) is 0 Å². The smallest absolute Gasteiger partial charge is 0.343 e. The Balaban J connectivity index is 1.54. The summed E-state index contributed by atoms with van der Waals surface area (Å²) in [5.74, 6) is -1.37. The van der Waals surface area contributed by atoms with Gasteiger partial charge in [0.15, 0.2) is 0 Å². The summed E-state index contributed by atoms with van der Waals surface area (Å²) in [6.45, 7) is 1.13. The zero-order valence-corrected chi connectivity index (χ0v) is 15.9. The van der Waals surface area contributed by atoms with Crippen LogP contribution < -0.4 is 9.47 Å². The first kappa shape index (κ1) is 21.0. The van der Waals surface area contributed by atoms with Crippen LogP contribution in [0.5, 0.6) is 11.5 Å². The second kappa shape index (κ2) is 10.2. The molecule has 7 nitrogen and oxygen atoms in total. The predicted octanol–water partition coefficient (Wildman–Crippen LogP) is 3.29. The van der Waals surface area contributed by atoms with Crippen LogP contribution >= 0.6 is 0 Å². The number of benzene rings is 2. The number of hydrogen-bond acceptors (Lipinski definition) is 7. The first-order valence-electron chi connectivity index (χ1n) is 9.13. The first-order valence-corrected chi connectivity index (χ1v) is 9.13. The van der Waals surface area contributed by atoms with E-state index >= 15 is 0 Å². The minimum atomic E-state index is -0.683. The van der Waals surface area contributed by atoms with Crippen LogP contribution in [-0.2, 0) is 14.3 Å². The fourth-order valence-corrected chi connectivity index (χ4v) is 2.32. The largest absolute Gasteiger partial charge is 0.491 e. The molecule has 154 valence electrons. The van der Waals surface area contributed by atoms with Crippen LogP contribution in [0.4, 0.5) is 4.39 Å². The minimum Gasteiger partial charge on any atom is -0.491 e. The maximum absolute atomic E-state index is 14.2. The molecule has 1 saturated heterocycles. The third-order valence-electron chi connectivity index (χ3n) is 3.97. The Kier molecular flexibility index (Phi) is 7.14. The summed E-state index contributed by atoms with van der Waals surface area (Å²) in [5.41, 5.74) is 0.405. The van der Waals surface area contributed by atoms with Crippen LogP contribution in [0.3, 0.4) is 0 Å². The van der Waals surface area contributed by atoms with E-state index in [4.69, 9.17) is 24.2 Å². The van der Waals surface area contributed by atoms with Crippen LogP contribution in [0, 0.1) is 17.1 Å². The summed E-state index contributed by atoms with van der Waals surface area (Å²) in [6.07, 6.45) is 2.51. The van der Waals surface area contributed by atoms with Gasteiger partial charge >= 0.3 is 11.9 Å². The molecule has 0 amide bonds. The molecule has 1 aliphatic heterocycles. The quantitative estimate of drug-likeness (QED) is 0.205. The normalized spacial score (nSPS) is 14.7. The van der Waals surface area contributed by atoms with Gasteiger partial charge < -0.3 is 18.9 Å². The number of hydrogen-bond donors (Lipinski definition) is 0. The van der Waals surface area contributed by atoms with E-state index in [0.29, 0.717) is 19.0 Å². The molecule has 1 heterocycles. The minimum absolute atomic E-state index is 0.0254. The fraction of sp³-hybridized carbons (Fsp3) is 0.227. The standard InChI is InChI=1S/C22H18FNO6/c23-20-12-18(8-2-15(20)5-9-21(25)27-11-1-10-24)30-22(26)16-3-6-17(7-4-16)28-13-19-14-29-19/h2-9,12,19H,1,11,13-14H2/b9-5+. The molecular weight excluding hydrogens is 393 g/mol. The van der Waals surface area contributed by atoms with Crippen LogP contribution in [0.1, 0.15) is 22.3 Å². The number of esters is 2. The summed E-state index contributed by atoms with van der Waals surface area (Å²) < 4.78 is 34.7. The van der Waals surface area contributed by atoms with Crippen molar-refractivity contribution in [1.29, 1.82) is 5.26 Å². The lowest BCUT2D eigenvalue weighted by Gasteiger charge is -2.07. The molecule has 2 aromatic rings. The summed E-state index contributed by atoms with van der Waals surface area (Å²) in [4.78, 5) is 23.7. The van der Waals surface area contributed by atoms with Crippen molar-refractivity contribution in [3.05, 3.63) is 65.5 Å². The molecule has 30 heavy (non-hydrogen) atoms. The van der Waals surface area contributed by atoms with E-state index in [9.17, 15) is 14.0 Å². The number of halogens is 1. The highest BCUT2D eigenvalue weighted by molar-refractivity contribution is 5.91. The van der Waals surface area contributed by atoms with Crippen molar-refractivity contribution in [2.75, 3.05) is 19.8 Å². The maximum atomic E-state index is 14.2. The molecule has 0 saturated carbocycles. The number of carbonyl (C=O) groups is 2. The Labute approximate surface area is 172 Å². The number of carbonyl (C=O) groups excluding carboxylic acids is 2. The van der Waals surface area contributed by atoms with E-state index in [-0.39, 0.29) is 36.0 Å². The third-order valence-corrected chi connectivity index (χ3v) is 3.97. The molecular formula is C22H18FNO6. The highest BCUT2D eigenvalue weighted by Gasteiger charge is 2.23. The van der Waals surface area contributed by atoms with Gasteiger partial charge in [0, 0.05) is 17.7 Å². The Bertz CT molecular complexity index is 976. The molecule has 8 heteroatoms.